The van der Waals surface area contributed by atoms with Crippen molar-refractivity contribution >= 4 is 23.7 Å². The van der Waals surface area contributed by atoms with Gasteiger partial charge in [-0.05, 0) is 76.4 Å². The maximum atomic E-state index is 13.3. The molecule has 3 aromatic rings. The van der Waals surface area contributed by atoms with Gasteiger partial charge in [0.2, 0.25) is 5.91 Å². The van der Waals surface area contributed by atoms with Gasteiger partial charge in [0.15, 0.2) is 0 Å². The fourth-order valence-electron chi connectivity index (χ4n) is 3.65. The van der Waals surface area contributed by atoms with E-state index in [0.29, 0.717) is 11.3 Å². The Hall–Kier alpha value is -4.13. The molecule has 0 heterocycles. The third-order valence-electron chi connectivity index (χ3n) is 5.27. The molecule has 0 fully saturated rings. The second kappa shape index (κ2) is 11.9. The lowest BCUT2D eigenvalue weighted by Crippen LogP contribution is -2.47. The van der Waals surface area contributed by atoms with Gasteiger partial charge in [0.05, 0.1) is 5.56 Å². The number of alkyl carbamates (subject to hydrolysis) is 1. The minimum atomic E-state index is -0.919. The Balaban J connectivity index is 1.78. The zero-order valence-corrected chi connectivity index (χ0v) is 22.8. The highest BCUT2D eigenvalue weighted by Crippen LogP contribution is 2.21. The summed E-state index contributed by atoms with van der Waals surface area (Å²) in [5, 5.41) is 5.50. The van der Waals surface area contributed by atoms with Crippen LogP contribution in [0.1, 0.15) is 57.5 Å². The van der Waals surface area contributed by atoms with Gasteiger partial charge in [-0.15, -0.1) is 0 Å². The summed E-state index contributed by atoms with van der Waals surface area (Å²) in [5.41, 5.74) is 2.36. The number of carbonyl (C=O) groups is 3. The van der Waals surface area contributed by atoms with Crippen molar-refractivity contribution in [2.75, 3.05) is 5.32 Å². The lowest BCUT2D eigenvalue weighted by molar-refractivity contribution is -0.118. The quantitative estimate of drug-likeness (QED) is 0.355. The van der Waals surface area contributed by atoms with E-state index >= 15 is 0 Å². The Morgan fingerprint density at radius 1 is 0.737 bits per heavy atom. The molecule has 3 rings (SSSR count). The molecule has 7 nitrogen and oxygen atoms in total. The molecule has 0 aliphatic heterocycles. The average molecular weight is 517 g/mol. The van der Waals surface area contributed by atoms with E-state index in [4.69, 9.17) is 9.47 Å². The number of ether oxygens (including phenoxy) is 2. The fourth-order valence-corrected chi connectivity index (χ4v) is 3.65. The largest absolute Gasteiger partial charge is 0.456 e. The highest BCUT2D eigenvalue weighted by molar-refractivity contribution is 5.98. The highest BCUT2D eigenvalue weighted by atomic mass is 16.6. The standard InChI is InChI=1S/C31H36N2O5/c1-30(2,3)37-28(35)24-13-10-14-25(20-24)32-27(34)26(33-29(36)38-31(4,5)6)19-21-15-17-23(18-16-21)22-11-8-7-9-12-22/h7-18,20,26H,19H2,1-6H3,(H,32,34)(H,33,36). The summed E-state index contributed by atoms with van der Waals surface area (Å²) in [5.74, 6) is -0.931. The number of esters is 1. The predicted octanol–water partition coefficient (Wildman–Crippen LogP) is 6.38. The number of rotatable bonds is 7. The first kappa shape index (κ1) is 28.4. The summed E-state index contributed by atoms with van der Waals surface area (Å²) >= 11 is 0. The van der Waals surface area contributed by atoms with Crippen LogP contribution in [0.4, 0.5) is 10.5 Å². The molecule has 0 aliphatic rings. The zero-order chi connectivity index (χ0) is 27.9. The van der Waals surface area contributed by atoms with Crippen LogP contribution in [0.3, 0.4) is 0 Å². The molecular weight excluding hydrogens is 480 g/mol. The molecule has 38 heavy (non-hydrogen) atoms. The second-order valence-electron chi connectivity index (χ2n) is 11.0. The Kier molecular flexibility index (Phi) is 8.94. The van der Waals surface area contributed by atoms with E-state index in [1.165, 1.54) is 0 Å². The molecule has 3 aromatic carbocycles. The van der Waals surface area contributed by atoms with Crippen molar-refractivity contribution in [2.24, 2.45) is 0 Å². The van der Waals surface area contributed by atoms with Crippen LogP contribution in [0.5, 0.6) is 0 Å². The first-order valence-electron chi connectivity index (χ1n) is 12.6. The Bertz CT molecular complexity index is 1260. The summed E-state index contributed by atoms with van der Waals surface area (Å²) < 4.78 is 10.8. The average Bonchev–Trinajstić information content (AvgIpc) is 2.82. The van der Waals surface area contributed by atoms with E-state index in [9.17, 15) is 14.4 Å². The summed E-state index contributed by atoms with van der Waals surface area (Å²) in [6, 6.07) is 23.4. The molecule has 2 amide bonds. The monoisotopic (exact) mass is 516 g/mol. The summed E-state index contributed by atoms with van der Waals surface area (Å²) in [4.78, 5) is 38.3. The predicted molar refractivity (Wildman–Crippen MR) is 149 cm³/mol. The maximum absolute atomic E-state index is 13.3. The van der Waals surface area contributed by atoms with Gasteiger partial charge in [-0.2, -0.15) is 0 Å². The first-order chi connectivity index (χ1) is 17.8. The molecule has 0 aromatic heterocycles. The Morgan fingerprint density at radius 2 is 1.34 bits per heavy atom. The number of hydrogen-bond donors (Lipinski definition) is 2. The van der Waals surface area contributed by atoms with Crippen molar-refractivity contribution < 1.29 is 23.9 Å². The first-order valence-corrected chi connectivity index (χ1v) is 12.6. The lowest BCUT2D eigenvalue weighted by Gasteiger charge is -2.23. The van der Waals surface area contributed by atoms with E-state index in [2.05, 4.69) is 10.6 Å². The van der Waals surface area contributed by atoms with E-state index in [0.717, 1.165) is 16.7 Å². The lowest BCUT2D eigenvalue weighted by atomic mass is 10.0. The topological polar surface area (TPSA) is 93.7 Å². The molecule has 2 N–H and O–H groups in total. The van der Waals surface area contributed by atoms with Gasteiger partial charge in [-0.1, -0.05) is 60.7 Å². The van der Waals surface area contributed by atoms with E-state index in [1.807, 2.05) is 54.6 Å². The van der Waals surface area contributed by atoms with Crippen molar-refractivity contribution in [1.29, 1.82) is 0 Å². The minimum absolute atomic E-state index is 0.242. The van der Waals surface area contributed by atoms with Gasteiger partial charge in [0.1, 0.15) is 17.2 Å². The van der Waals surface area contributed by atoms with Crippen molar-refractivity contribution in [3.8, 4) is 11.1 Å². The number of anilines is 1. The molecule has 0 saturated carbocycles. The van der Waals surface area contributed by atoms with E-state index < -0.39 is 35.2 Å². The van der Waals surface area contributed by atoms with Crippen LogP contribution in [0.25, 0.3) is 11.1 Å². The molecule has 0 aliphatic carbocycles. The third-order valence-corrected chi connectivity index (χ3v) is 5.27. The van der Waals surface area contributed by atoms with Crippen molar-refractivity contribution in [3.05, 3.63) is 90.0 Å². The van der Waals surface area contributed by atoms with Gasteiger partial charge < -0.3 is 20.1 Å². The van der Waals surface area contributed by atoms with Crippen molar-refractivity contribution in [3.63, 3.8) is 0 Å². The van der Waals surface area contributed by atoms with Crippen molar-refractivity contribution in [1.82, 2.24) is 5.32 Å². The van der Waals surface area contributed by atoms with Gasteiger partial charge in [0.25, 0.3) is 0 Å². The molecule has 200 valence electrons. The van der Waals surface area contributed by atoms with Crippen LogP contribution in [-0.4, -0.2) is 35.2 Å². The maximum Gasteiger partial charge on any atom is 0.408 e. The highest BCUT2D eigenvalue weighted by Gasteiger charge is 2.25. The molecule has 0 spiro atoms. The van der Waals surface area contributed by atoms with E-state index in [-0.39, 0.29) is 6.42 Å². The Morgan fingerprint density at radius 3 is 1.95 bits per heavy atom. The zero-order valence-electron chi connectivity index (χ0n) is 22.8. The normalized spacial score (nSPS) is 12.3. The number of benzene rings is 3. The molecule has 7 heteroatoms. The smallest absolute Gasteiger partial charge is 0.408 e. The van der Waals surface area contributed by atoms with Crippen molar-refractivity contribution in [2.45, 2.75) is 65.2 Å². The second-order valence-corrected chi connectivity index (χ2v) is 11.0. The fraction of sp³-hybridized carbons (Fsp3) is 0.323. The Labute approximate surface area is 224 Å². The van der Waals surface area contributed by atoms with Gasteiger partial charge in [-0.25, -0.2) is 9.59 Å². The molecule has 0 radical (unpaired) electrons. The van der Waals surface area contributed by atoms with Gasteiger partial charge >= 0.3 is 12.1 Å². The molecular formula is C31H36N2O5. The number of amides is 2. The van der Waals surface area contributed by atoms with Crippen LogP contribution in [0.15, 0.2) is 78.9 Å². The van der Waals surface area contributed by atoms with Crippen LogP contribution >= 0.6 is 0 Å². The molecule has 1 unspecified atom stereocenters. The van der Waals surface area contributed by atoms with Crippen LogP contribution < -0.4 is 10.6 Å². The van der Waals surface area contributed by atoms with Crippen LogP contribution in [0.2, 0.25) is 0 Å². The third kappa shape index (κ3) is 9.07. The number of hydrogen-bond acceptors (Lipinski definition) is 5. The SMILES string of the molecule is CC(C)(C)OC(=O)NC(Cc1ccc(-c2ccccc2)cc1)C(=O)Nc1cccc(C(=O)OC(C)(C)C)c1. The van der Waals surface area contributed by atoms with E-state index in [1.54, 1.807) is 65.8 Å². The van der Waals surface area contributed by atoms with Gasteiger partial charge in [-0.3, -0.25) is 4.79 Å². The molecule has 0 bridgehead atoms. The van der Waals surface area contributed by atoms with Gasteiger partial charge in [0, 0.05) is 12.1 Å². The minimum Gasteiger partial charge on any atom is -0.456 e. The summed E-state index contributed by atoms with van der Waals surface area (Å²) in [7, 11) is 0. The van der Waals surface area contributed by atoms with Crippen LogP contribution in [0, 0.1) is 0 Å². The number of nitrogens with one attached hydrogen (secondary N) is 2. The summed E-state index contributed by atoms with van der Waals surface area (Å²) in [6.45, 7) is 10.6. The number of carbonyl (C=O) groups excluding carboxylic acids is 3. The molecule has 1 atom stereocenters. The molecule has 0 saturated heterocycles. The summed E-state index contributed by atoms with van der Waals surface area (Å²) in [6.07, 6.45) is -0.451. The van der Waals surface area contributed by atoms with Crippen LogP contribution in [-0.2, 0) is 20.7 Å².